The molecule has 0 radical (unpaired) electrons. The number of aromatic nitrogens is 3. The standard InChI is InChI=1S/C27H22N4O4/c1-17-8-7-15-30(16-17)24-22(21-23(28-29(2)25(21)32)18-9-5-4-6-10-18)26(33)31(27(24)34)19-11-13-20(35-3)14-12-19/h4-16H,1-3H3. The van der Waals surface area contributed by atoms with E-state index in [0.29, 0.717) is 22.7 Å². The number of amides is 2. The van der Waals surface area contributed by atoms with Crippen molar-refractivity contribution < 1.29 is 24.0 Å². The first-order valence-electron chi connectivity index (χ1n) is 11.0. The molecular formula is C27H22N4O4. The van der Waals surface area contributed by atoms with Crippen molar-refractivity contribution in [3.63, 3.8) is 0 Å². The smallest absolute Gasteiger partial charge is 0.331 e. The van der Waals surface area contributed by atoms with E-state index in [-0.39, 0.29) is 16.8 Å². The van der Waals surface area contributed by atoms with Crippen molar-refractivity contribution in [3.8, 4) is 22.9 Å². The first-order valence-corrected chi connectivity index (χ1v) is 11.0. The zero-order valence-corrected chi connectivity index (χ0v) is 19.4. The summed E-state index contributed by atoms with van der Waals surface area (Å²) in [5, 5.41) is 17.7. The van der Waals surface area contributed by atoms with E-state index in [4.69, 9.17) is 4.74 Å². The molecule has 0 aliphatic carbocycles. The fourth-order valence-electron chi connectivity index (χ4n) is 4.21. The lowest BCUT2D eigenvalue weighted by atomic mass is 10.00. The van der Waals surface area contributed by atoms with Crippen LogP contribution in [0.3, 0.4) is 0 Å². The highest BCUT2D eigenvalue weighted by molar-refractivity contribution is 6.53. The van der Waals surface area contributed by atoms with Crippen LogP contribution in [-0.4, -0.2) is 28.7 Å². The highest BCUT2D eigenvalue weighted by Gasteiger charge is 2.47. The van der Waals surface area contributed by atoms with E-state index >= 15 is 0 Å². The minimum Gasteiger partial charge on any atom is -0.858 e. The van der Waals surface area contributed by atoms with E-state index in [0.717, 1.165) is 10.5 Å². The average molecular weight is 466 g/mol. The number of methoxy groups -OCH3 is 1. The lowest BCUT2D eigenvalue weighted by Gasteiger charge is -2.15. The molecule has 0 unspecified atom stereocenters. The molecule has 174 valence electrons. The fourth-order valence-corrected chi connectivity index (χ4v) is 4.21. The molecule has 1 aliphatic heterocycles. The number of anilines is 1. The summed E-state index contributed by atoms with van der Waals surface area (Å²) in [6, 6.07) is 19.4. The molecule has 0 saturated carbocycles. The second-order valence-electron chi connectivity index (χ2n) is 8.17. The van der Waals surface area contributed by atoms with E-state index in [2.05, 4.69) is 5.10 Å². The third-order valence-electron chi connectivity index (χ3n) is 5.89. The predicted molar refractivity (Wildman–Crippen MR) is 128 cm³/mol. The zero-order chi connectivity index (χ0) is 24.7. The molecule has 5 rings (SSSR count). The molecule has 0 saturated heterocycles. The minimum atomic E-state index is -0.591. The summed E-state index contributed by atoms with van der Waals surface area (Å²) in [5.74, 6) is -0.989. The maximum absolute atomic E-state index is 13.9. The normalized spacial score (nSPS) is 13.6. The molecule has 8 heteroatoms. The van der Waals surface area contributed by atoms with E-state index in [1.165, 1.54) is 18.8 Å². The Morgan fingerprint density at radius 2 is 1.66 bits per heavy atom. The van der Waals surface area contributed by atoms with Crippen LogP contribution in [0.1, 0.15) is 11.1 Å². The molecule has 0 spiro atoms. The number of carbonyl (C=O) groups is 2. The van der Waals surface area contributed by atoms with Gasteiger partial charge in [0.2, 0.25) is 0 Å². The number of carbonyl (C=O) groups excluding carboxylic acids is 2. The van der Waals surface area contributed by atoms with Crippen molar-refractivity contribution in [2.24, 2.45) is 7.05 Å². The van der Waals surface area contributed by atoms with Crippen LogP contribution in [0, 0.1) is 6.92 Å². The second kappa shape index (κ2) is 8.57. The Kier molecular flexibility index (Phi) is 5.41. The average Bonchev–Trinajstić information content (AvgIpc) is 3.30. The van der Waals surface area contributed by atoms with Crippen LogP contribution in [0.25, 0.3) is 22.5 Å². The Bertz CT molecular complexity index is 1490. The summed E-state index contributed by atoms with van der Waals surface area (Å²) >= 11 is 0. The van der Waals surface area contributed by atoms with Gasteiger partial charge in [-0.2, -0.15) is 9.67 Å². The fraction of sp³-hybridized carbons (Fsp3) is 0.111. The Morgan fingerprint density at radius 3 is 2.31 bits per heavy atom. The molecule has 3 heterocycles. The molecule has 0 bridgehead atoms. The number of benzene rings is 2. The Balaban J connectivity index is 1.77. The maximum atomic E-state index is 13.9. The number of hydrogen-bond acceptors (Lipinski definition) is 5. The van der Waals surface area contributed by atoms with E-state index in [1.54, 1.807) is 47.3 Å². The Labute approximate surface area is 201 Å². The molecule has 0 fully saturated rings. The SMILES string of the molecule is COc1ccc(N2C(=O)C(c3c(-c4ccccc4)nn(C)c3[O-])=C([n+]3cccc(C)c3)C2=O)cc1. The number of imide groups is 1. The predicted octanol–water partition coefficient (Wildman–Crippen LogP) is 2.71. The molecule has 2 amide bonds. The second-order valence-corrected chi connectivity index (χ2v) is 8.17. The van der Waals surface area contributed by atoms with Gasteiger partial charge in [0.05, 0.1) is 18.5 Å². The molecule has 35 heavy (non-hydrogen) atoms. The van der Waals surface area contributed by atoms with Gasteiger partial charge in [-0.3, -0.25) is 14.3 Å². The van der Waals surface area contributed by atoms with Crippen LogP contribution in [0.5, 0.6) is 11.6 Å². The summed E-state index contributed by atoms with van der Waals surface area (Å²) in [6.07, 6.45) is 3.44. The summed E-state index contributed by atoms with van der Waals surface area (Å²) in [4.78, 5) is 28.8. The quantitative estimate of drug-likeness (QED) is 0.333. The van der Waals surface area contributed by atoms with E-state index < -0.39 is 17.7 Å². The van der Waals surface area contributed by atoms with Crippen molar-refractivity contribution in [1.29, 1.82) is 0 Å². The number of ether oxygens (including phenoxy) is 1. The number of pyridine rings is 1. The van der Waals surface area contributed by atoms with E-state index in [9.17, 15) is 14.7 Å². The van der Waals surface area contributed by atoms with Gasteiger partial charge in [0.25, 0.3) is 11.6 Å². The van der Waals surface area contributed by atoms with E-state index in [1.807, 2.05) is 43.3 Å². The molecule has 4 aromatic rings. The first-order chi connectivity index (χ1) is 16.9. The molecule has 2 aromatic carbocycles. The largest absolute Gasteiger partial charge is 0.858 e. The molecule has 0 atom stereocenters. The third kappa shape index (κ3) is 3.65. The highest BCUT2D eigenvalue weighted by Crippen LogP contribution is 2.40. The molecule has 8 nitrogen and oxygen atoms in total. The van der Waals surface area contributed by atoms with Crippen molar-refractivity contribution in [1.82, 2.24) is 9.78 Å². The van der Waals surface area contributed by atoms with Gasteiger partial charge in [-0.15, -0.1) is 0 Å². The Morgan fingerprint density at radius 1 is 0.943 bits per heavy atom. The lowest BCUT2D eigenvalue weighted by molar-refractivity contribution is -0.577. The lowest BCUT2D eigenvalue weighted by Crippen LogP contribution is -2.39. The van der Waals surface area contributed by atoms with Crippen LogP contribution < -0.4 is 19.3 Å². The highest BCUT2D eigenvalue weighted by atomic mass is 16.5. The van der Waals surface area contributed by atoms with Crippen molar-refractivity contribution in [3.05, 3.63) is 90.3 Å². The van der Waals surface area contributed by atoms with Gasteiger partial charge in [0, 0.05) is 29.8 Å². The summed E-state index contributed by atoms with van der Waals surface area (Å²) in [7, 11) is 3.07. The topological polar surface area (TPSA) is 91.4 Å². The number of rotatable bonds is 5. The van der Waals surface area contributed by atoms with Gasteiger partial charge >= 0.3 is 5.91 Å². The molecule has 1 aliphatic rings. The Hall–Kier alpha value is -4.72. The first kappa shape index (κ1) is 22.1. The van der Waals surface area contributed by atoms with Gasteiger partial charge in [-0.1, -0.05) is 30.3 Å². The van der Waals surface area contributed by atoms with Crippen molar-refractivity contribution >= 4 is 28.8 Å². The molecular weight excluding hydrogens is 444 g/mol. The third-order valence-corrected chi connectivity index (χ3v) is 5.89. The van der Waals surface area contributed by atoms with Gasteiger partial charge in [0.1, 0.15) is 11.3 Å². The molecule has 2 aromatic heterocycles. The maximum Gasteiger partial charge on any atom is 0.331 e. The zero-order valence-electron chi connectivity index (χ0n) is 19.4. The van der Waals surface area contributed by atoms with Crippen LogP contribution in [0.4, 0.5) is 5.69 Å². The monoisotopic (exact) mass is 466 g/mol. The molecule has 0 N–H and O–H groups in total. The number of hydrogen-bond donors (Lipinski definition) is 0. The van der Waals surface area contributed by atoms with Crippen molar-refractivity contribution in [2.75, 3.05) is 12.0 Å². The summed E-state index contributed by atoms with van der Waals surface area (Å²) < 4.78 is 7.99. The summed E-state index contributed by atoms with van der Waals surface area (Å²) in [5.41, 5.74) is 2.48. The minimum absolute atomic E-state index is 0.0124. The van der Waals surface area contributed by atoms with Crippen molar-refractivity contribution in [2.45, 2.75) is 6.92 Å². The van der Waals surface area contributed by atoms with Crippen LogP contribution >= 0.6 is 0 Å². The number of aryl methyl sites for hydroxylation is 2. The summed E-state index contributed by atoms with van der Waals surface area (Å²) in [6.45, 7) is 1.89. The number of nitrogens with zero attached hydrogens (tertiary/aromatic N) is 4. The van der Waals surface area contributed by atoms with Crippen LogP contribution in [0.2, 0.25) is 0 Å². The van der Waals surface area contributed by atoms with Gasteiger partial charge in [0.15, 0.2) is 12.4 Å². The van der Waals surface area contributed by atoms with Gasteiger partial charge in [-0.05, 0) is 43.1 Å². The van der Waals surface area contributed by atoms with Gasteiger partial charge in [-0.25, -0.2) is 4.90 Å². The van der Waals surface area contributed by atoms with Crippen LogP contribution in [-0.2, 0) is 16.6 Å². The van der Waals surface area contributed by atoms with Crippen LogP contribution in [0.15, 0.2) is 79.1 Å². The van der Waals surface area contributed by atoms with Gasteiger partial charge < -0.3 is 9.84 Å².